The molecule has 154 valence electrons. The standard InChI is InChI=1S/C18H28O9/c1-16(2)21-8-10(24-16)12-14(27-18(5,6)26-12)13-11-9(22-15(19)23-13)7-20-17(3,4)25-11/h9-14H,7-8H2,1-6H3/t9-,10-,11+,12-,13-,14+/m1/s1. The average Bonchev–Trinajstić information content (AvgIpc) is 3.05. The fraction of sp³-hybridized carbons (Fsp3) is 0.944. The molecule has 0 aromatic carbocycles. The summed E-state index contributed by atoms with van der Waals surface area (Å²) in [4.78, 5) is 12.0. The lowest BCUT2D eigenvalue weighted by atomic mass is 9.94. The van der Waals surface area contributed by atoms with E-state index in [1.165, 1.54) is 0 Å². The molecule has 0 amide bonds. The summed E-state index contributed by atoms with van der Waals surface area (Å²) in [5.41, 5.74) is 0. The zero-order valence-electron chi connectivity index (χ0n) is 16.6. The Morgan fingerprint density at radius 3 is 1.81 bits per heavy atom. The summed E-state index contributed by atoms with van der Waals surface area (Å²) in [6.07, 6.45) is -4.08. The predicted molar refractivity (Wildman–Crippen MR) is 88.8 cm³/mol. The Hall–Kier alpha value is -0.970. The number of hydrogen-bond donors (Lipinski definition) is 0. The quantitative estimate of drug-likeness (QED) is 0.656. The first kappa shape index (κ1) is 19.4. The molecule has 0 aromatic rings. The van der Waals surface area contributed by atoms with Gasteiger partial charge in [0.15, 0.2) is 29.6 Å². The number of carbonyl (C=O) groups excluding carboxylic acids is 1. The maximum atomic E-state index is 12.0. The number of fused-ring (bicyclic) bond motifs is 1. The highest BCUT2D eigenvalue weighted by Gasteiger charge is 2.59. The molecule has 0 radical (unpaired) electrons. The second-order valence-electron chi connectivity index (χ2n) is 8.71. The van der Waals surface area contributed by atoms with Gasteiger partial charge in [-0.15, -0.1) is 0 Å². The van der Waals surface area contributed by atoms with Crippen LogP contribution in [0.4, 0.5) is 4.79 Å². The molecule has 4 saturated heterocycles. The van der Waals surface area contributed by atoms with E-state index in [1.807, 2.05) is 27.7 Å². The molecule has 6 atom stereocenters. The fourth-order valence-electron chi connectivity index (χ4n) is 4.01. The number of ether oxygens (including phenoxy) is 8. The van der Waals surface area contributed by atoms with Gasteiger partial charge in [-0.05, 0) is 41.5 Å². The van der Waals surface area contributed by atoms with E-state index in [1.54, 1.807) is 13.8 Å². The van der Waals surface area contributed by atoms with Crippen molar-refractivity contribution in [2.24, 2.45) is 0 Å². The monoisotopic (exact) mass is 388 g/mol. The summed E-state index contributed by atoms with van der Waals surface area (Å²) in [6, 6.07) is 0. The summed E-state index contributed by atoms with van der Waals surface area (Å²) in [6.45, 7) is 11.5. The molecule has 4 fully saturated rings. The molecule has 4 rings (SSSR count). The van der Waals surface area contributed by atoms with Crippen LogP contribution in [0, 0.1) is 0 Å². The molecule has 9 heteroatoms. The van der Waals surface area contributed by atoms with E-state index >= 15 is 0 Å². The number of rotatable bonds is 2. The van der Waals surface area contributed by atoms with Crippen molar-refractivity contribution in [1.82, 2.24) is 0 Å². The van der Waals surface area contributed by atoms with E-state index in [9.17, 15) is 4.79 Å². The Balaban J connectivity index is 1.60. The predicted octanol–water partition coefficient (Wildman–Crippen LogP) is 1.71. The van der Waals surface area contributed by atoms with Crippen LogP contribution in [0.5, 0.6) is 0 Å². The molecule has 9 nitrogen and oxygen atoms in total. The Morgan fingerprint density at radius 1 is 0.630 bits per heavy atom. The normalized spacial score (nSPS) is 45.0. The highest BCUT2D eigenvalue weighted by Crippen LogP contribution is 2.41. The molecule has 0 bridgehead atoms. The van der Waals surface area contributed by atoms with Crippen LogP contribution in [0.2, 0.25) is 0 Å². The molecule has 0 N–H and O–H groups in total. The van der Waals surface area contributed by atoms with E-state index in [-0.39, 0.29) is 12.7 Å². The first-order valence-corrected chi connectivity index (χ1v) is 9.31. The topological polar surface area (TPSA) is 90.9 Å². The largest absolute Gasteiger partial charge is 0.509 e. The zero-order chi connectivity index (χ0) is 19.6. The molecule has 0 unspecified atom stereocenters. The highest BCUT2D eigenvalue weighted by atomic mass is 16.8. The van der Waals surface area contributed by atoms with Gasteiger partial charge in [-0.1, -0.05) is 0 Å². The Kier molecular flexibility index (Phi) is 4.49. The number of carbonyl (C=O) groups is 1. The van der Waals surface area contributed by atoms with Gasteiger partial charge in [-0.3, -0.25) is 0 Å². The molecule has 0 saturated carbocycles. The van der Waals surface area contributed by atoms with E-state index < -0.39 is 54.0 Å². The van der Waals surface area contributed by atoms with Crippen LogP contribution in [-0.4, -0.2) is 73.4 Å². The van der Waals surface area contributed by atoms with Crippen LogP contribution in [-0.2, 0) is 37.9 Å². The molecule has 0 aliphatic carbocycles. The van der Waals surface area contributed by atoms with Crippen LogP contribution in [0.3, 0.4) is 0 Å². The summed E-state index contributed by atoms with van der Waals surface area (Å²) < 4.78 is 46.4. The third kappa shape index (κ3) is 3.81. The summed E-state index contributed by atoms with van der Waals surface area (Å²) in [5, 5.41) is 0. The molecule has 4 aliphatic rings. The van der Waals surface area contributed by atoms with Gasteiger partial charge >= 0.3 is 6.16 Å². The maximum absolute atomic E-state index is 12.0. The molecular formula is C18H28O9. The van der Waals surface area contributed by atoms with E-state index in [2.05, 4.69) is 0 Å². The molecule has 4 heterocycles. The molecule has 4 aliphatic heterocycles. The Morgan fingerprint density at radius 2 is 1.15 bits per heavy atom. The Bertz CT molecular complexity index is 602. The van der Waals surface area contributed by atoms with Gasteiger partial charge in [0, 0.05) is 0 Å². The third-order valence-electron chi connectivity index (χ3n) is 5.07. The number of hydrogen-bond acceptors (Lipinski definition) is 9. The minimum atomic E-state index is -0.869. The molecule has 27 heavy (non-hydrogen) atoms. The van der Waals surface area contributed by atoms with E-state index in [0.717, 1.165) is 0 Å². The van der Waals surface area contributed by atoms with Crippen LogP contribution < -0.4 is 0 Å². The lowest BCUT2D eigenvalue weighted by Gasteiger charge is -2.46. The van der Waals surface area contributed by atoms with Crippen LogP contribution >= 0.6 is 0 Å². The van der Waals surface area contributed by atoms with Crippen molar-refractivity contribution < 1.29 is 42.7 Å². The molecule has 0 aromatic heterocycles. The Labute approximate surface area is 158 Å². The van der Waals surface area contributed by atoms with Crippen molar-refractivity contribution in [3.05, 3.63) is 0 Å². The summed E-state index contributed by atoms with van der Waals surface area (Å²) in [5.74, 6) is -2.41. The summed E-state index contributed by atoms with van der Waals surface area (Å²) in [7, 11) is 0. The second-order valence-corrected chi connectivity index (χ2v) is 8.71. The molecular weight excluding hydrogens is 360 g/mol. The van der Waals surface area contributed by atoms with Crippen molar-refractivity contribution in [3.63, 3.8) is 0 Å². The van der Waals surface area contributed by atoms with Gasteiger partial charge < -0.3 is 37.9 Å². The van der Waals surface area contributed by atoms with Crippen LogP contribution in [0.15, 0.2) is 0 Å². The van der Waals surface area contributed by atoms with Gasteiger partial charge in [-0.25, -0.2) is 4.79 Å². The average molecular weight is 388 g/mol. The maximum Gasteiger partial charge on any atom is 0.509 e. The fourth-order valence-corrected chi connectivity index (χ4v) is 4.01. The minimum absolute atomic E-state index is 0.223. The first-order chi connectivity index (χ1) is 12.4. The van der Waals surface area contributed by atoms with Crippen molar-refractivity contribution in [3.8, 4) is 0 Å². The van der Waals surface area contributed by atoms with Gasteiger partial charge in [0.05, 0.1) is 13.2 Å². The zero-order valence-corrected chi connectivity index (χ0v) is 16.6. The lowest BCUT2D eigenvalue weighted by molar-refractivity contribution is -0.340. The smallest absolute Gasteiger partial charge is 0.426 e. The minimum Gasteiger partial charge on any atom is -0.426 e. The second kappa shape index (κ2) is 6.27. The van der Waals surface area contributed by atoms with Crippen molar-refractivity contribution in [2.45, 2.75) is 95.5 Å². The van der Waals surface area contributed by atoms with Crippen molar-refractivity contribution in [2.75, 3.05) is 13.2 Å². The van der Waals surface area contributed by atoms with Crippen molar-refractivity contribution >= 4 is 6.16 Å². The van der Waals surface area contributed by atoms with Crippen LogP contribution in [0.25, 0.3) is 0 Å². The van der Waals surface area contributed by atoms with Crippen molar-refractivity contribution in [1.29, 1.82) is 0 Å². The van der Waals surface area contributed by atoms with E-state index in [0.29, 0.717) is 6.61 Å². The van der Waals surface area contributed by atoms with Gasteiger partial charge in [0.1, 0.15) is 24.4 Å². The van der Waals surface area contributed by atoms with Crippen LogP contribution in [0.1, 0.15) is 41.5 Å². The number of cyclic esters (lactones) is 1. The lowest BCUT2D eigenvalue weighted by Crippen LogP contribution is -2.63. The first-order valence-electron chi connectivity index (χ1n) is 9.31. The van der Waals surface area contributed by atoms with Gasteiger partial charge in [-0.2, -0.15) is 0 Å². The van der Waals surface area contributed by atoms with Gasteiger partial charge in [0.25, 0.3) is 0 Å². The van der Waals surface area contributed by atoms with Gasteiger partial charge in [0.2, 0.25) is 0 Å². The highest BCUT2D eigenvalue weighted by molar-refractivity contribution is 5.61. The third-order valence-corrected chi connectivity index (χ3v) is 5.07. The molecule has 0 spiro atoms. The summed E-state index contributed by atoms with van der Waals surface area (Å²) >= 11 is 0. The van der Waals surface area contributed by atoms with E-state index in [4.69, 9.17) is 37.9 Å². The SMILES string of the molecule is CC1(C)OC[C@H]2OC(=O)O[C@@H]([C@H]3OC(C)(C)O[C@@H]3[C@H]3COC(C)(C)O3)[C@H]2O1.